The fraction of sp³-hybridized carbons (Fsp3) is 0.160. The van der Waals surface area contributed by atoms with Gasteiger partial charge >= 0.3 is 0 Å². The molecule has 154 valence electrons. The average Bonchev–Trinajstić information content (AvgIpc) is 3.42. The Balaban J connectivity index is 1.22. The molecule has 1 aliphatic carbocycles. The van der Waals surface area contributed by atoms with Gasteiger partial charge in [0.25, 0.3) is 0 Å². The van der Waals surface area contributed by atoms with Gasteiger partial charge < -0.3 is 14.6 Å². The lowest BCUT2D eigenvalue weighted by Crippen LogP contribution is -2.12. The normalized spacial score (nSPS) is 11.6. The van der Waals surface area contributed by atoms with E-state index in [0.29, 0.717) is 23.9 Å². The summed E-state index contributed by atoms with van der Waals surface area (Å²) in [4.78, 5) is 16.9. The van der Waals surface area contributed by atoms with Gasteiger partial charge in [-0.05, 0) is 52.9 Å². The van der Waals surface area contributed by atoms with Crippen molar-refractivity contribution in [3.63, 3.8) is 0 Å². The summed E-state index contributed by atoms with van der Waals surface area (Å²) in [5.74, 6) is 1.45. The van der Waals surface area contributed by atoms with Gasteiger partial charge in [-0.3, -0.25) is 4.79 Å². The highest BCUT2D eigenvalue weighted by Gasteiger charge is 2.18. The van der Waals surface area contributed by atoms with Crippen molar-refractivity contribution in [1.29, 1.82) is 0 Å². The number of aromatic nitrogens is 2. The fourth-order valence-corrected chi connectivity index (χ4v) is 3.96. The molecule has 1 heterocycles. The molecule has 4 aromatic rings. The summed E-state index contributed by atoms with van der Waals surface area (Å²) in [7, 11) is 1.60. The molecule has 0 saturated heterocycles. The Kier molecular flexibility index (Phi) is 4.96. The van der Waals surface area contributed by atoms with Crippen molar-refractivity contribution in [3.8, 4) is 28.3 Å². The van der Waals surface area contributed by atoms with E-state index in [9.17, 15) is 4.79 Å². The number of amides is 1. The Morgan fingerprint density at radius 1 is 1.00 bits per heavy atom. The maximum absolute atomic E-state index is 12.5. The summed E-state index contributed by atoms with van der Waals surface area (Å²) < 4.78 is 10.7. The van der Waals surface area contributed by atoms with Crippen LogP contribution in [0.5, 0.6) is 5.75 Å². The number of anilines is 1. The minimum Gasteiger partial charge on any atom is -0.496 e. The van der Waals surface area contributed by atoms with Crippen LogP contribution in [0.25, 0.3) is 22.5 Å². The fourth-order valence-electron chi connectivity index (χ4n) is 3.96. The number of rotatable bonds is 6. The predicted molar refractivity (Wildman–Crippen MR) is 118 cm³/mol. The molecule has 6 heteroatoms. The third kappa shape index (κ3) is 3.80. The third-order valence-corrected chi connectivity index (χ3v) is 5.46. The van der Waals surface area contributed by atoms with Crippen molar-refractivity contribution in [1.82, 2.24) is 10.1 Å². The number of methoxy groups -OCH3 is 1. The molecule has 0 radical (unpaired) electrons. The van der Waals surface area contributed by atoms with Crippen molar-refractivity contribution in [2.75, 3.05) is 12.4 Å². The number of fused-ring (bicyclic) bond motifs is 3. The molecule has 1 N–H and O–H groups in total. The van der Waals surface area contributed by atoms with Crippen LogP contribution in [0.2, 0.25) is 0 Å². The number of carbonyl (C=O) groups excluding carboxylic acids is 1. The van der Waals surface area contributed by atoms with Gasteiger partial charge in [-0.15, -0.1) is 0 Å². The van der Waals surface area contributed by atoms with Crippen molar-refractivity contribution in [2.45, 2.75) is 19.3 Å². The number of hydrogen-bond acceptors (Lipinski definition) is 5. The van der Waals surface area contributed by atoms with Gasteiger partial charge in [0.2, 0.25) is 17.6 Å². The molecule has 0 spiro atoms. The summed E-state index contributed by atoms with van der Waals surface area (Å²) >= 11 is 0. The molecule has 3 aromatic carbocycles. The lowest BCUT2D eigenvalue weighted by Gasteiger charge is -2.07. The summed E-state index contributed by atoms with van der Waals surface area (Å²) in [6.07, 6.45) is 1.51. The number of nitrogens with zero attached hydrogens (tertiary/aromatic N) is 2. The average molecular weight is 411 g/mol. The predicted octanol–water partition coefficient (Wildman–Crippen LogP) is 4.89. The molecule has 6 nitrogen and oxygen atoms in total. The second-order valence-corrected chi connectivity index (χ2v) is 7.47. The molecule has 1 aliphatic rings. The van der Waals surface area contributed by atoms with Crippen LogP contribution in [-0.2, 0) is 17.6 Å². The molecule has 0 saturated carbocycles. The van der Waals surface area contributed by atoms with E-state index < -0.39 is 0 Å². The first-order chi connectivity index (χ1) is 15.2. The quantitative estimate of drug-likeness (QED) is 0.431. The van der Waals surface area contributed by atoms with Crippen LogP contribution >= 0.6 is 0 Å². The molecular formula is C25H21N3O3. The van der Waals surface area contributed by atoms with Crippen molar-refractivity contribution >= 4 is 11.6 Å². The first-order valence-electron chi connectivity index (χ1n) is 10.2. The van der Waals surface area contributed by atoms with Crippen molar-refractivity contribution in [3.05, 3.63) is 83.7 Å². The van der Waals surface area contributed by atoms with Gasteiger partial charge in [-0.2, -0.15) is 4.98 Å². The van der Waals surface area contributed by atoms with Crippen LogP contribution < -0.4 is 10.1 Å². The zero-order valence-corrected chi connectivity index (χ0v) is 17.1. The summed E-state index contributed by atoms with van der Waals surface area (Å²) in [6, 6.07) is 22.0. The number of carbonyl (C=O) groups is 1. The second kappa shape index (κ2) is 8.07. The van der Waals surface area contributed by atoms with E-state index in [-0.39, 0.29) is 12.3 Å². The molecule has 1 amide bonds. The molecular weight excluding hydrogens is 390 g/mol. The van der Waals surface area contributed by atoms with Crippen LogP contribution in [0, 0.1) is 0 Å². The summed E-state index contributed by atoms with van der Waals surface area (Å²) in [5.41, 5.74) is 6.63. The van der Waals surface area contributed by atoms with E-state index in [4.69, 9.17) is 9.26 Å². The van der Waals surface area contributed by atoms with E-state index in [2.05, 4.69) is 51.9 Å². The maximum atomic E-state index is 12.5. The number of hydrogen-bond donors (Lipinski definition) is 1. The molecule has 0 atom stereocenters. The highest BCUT2D eigenvalue weighted by atomic mass is 16.5. The highest BCUT2D eigenvalue weighted by Crippen LogP contribution is 2.37. The van der Waals surface area contributed by atoms with Crippen LogP contribution in [0.15, 0.2) is 71.3 Å². The number of aryl methyl sites for hydroxylation is 1. The van der Waals surface area contributed by atoms with E-state index in [0.717, 1.165) is 17.7 Å². The van der Waals surface area contributed by atoms with Gasteiger partial charge in [-0.1, -0.05) is 47.6 Å². The highest BCUT2D eigenvalue weighted by molar-refractivity contribution is 5.92. The number of para-hydroxylation sites is 1. The summed E-state index contributed by atoms with van der Waals surface area (Å²) in [5, 5.41) is 6.99. The zero-order valence-electron chi connectivity index (χ0n) is 17.1. The largest absolute Gasteiger partial charge is 0.496 e. The Morgan fingerprint density at radius 2 is 1.77 bits per heavy atom. The van der Waals surface area contributed by atoms with E-state index in [1.165, 1.54) is 22.3 Å². The lowest BCUT2D eigenvalue weighted by molar-refractivity contribution is -0.116. The van der Waals surface area contributed by atoms with Crippen LogP contribution in [-0.4, -0.2) is 23.2 Å². The molecule has 1 aromatic heterocycles. The Labute approximate surface area is 179 Å². The van der Waals surface area contributed by atoms with E-state index in [1.54, 1.807) is 7.11 Å². The van der Waals surface area contributed by atoms with Gasteiger partial charge in [0, 0.05) is 18.5 Å². The topological polar surface area (TPSA) is 77.2 Å². The molecule has 0 fully saturated rings. The molecule has 0 aliphatic heterocycles. The molecule has 31 heavy (non-hydrogen) atoms. The number of nitrogens with one attached hydrogen (secondary N) is 1. The van der Waals surface area contributed by atoms with E-state index >= 15 is 0 Å². The third-order valence-electron chi connectivity index (χ3n) is 5.46. The SMILES string of the molecule is COc1ccccc1-c1noc(CCC(=O)Nc2ccc3c(c2)Cc2ccccc2-3)n1. The number of benzene rings is 3. The van der Waals surface area contributed by atoms with Crippen LogP contribution in [0.4, 0.5) is 5.69 Å². The molecule has 0 bridgehead atoms. The summed E-state index contributed by atoms with van der Waals surface area (Å²) in [6.45, 7) is 0. The standard InChI is InChI=1S/C25H21N3O3/c1-30-22-9-5-4-8-21(22)25-27-24(31-28-25)13-12-23(29)26-18-10-11-20-17(15-18)14-16-6-2-3-7-19(16)20/h2-11,15H,12-14H2,1H3,(H,26,29). The van der Waals surface area contributed by atoms with Gasteiger partial charge in [0.05, 0.1) is 12.7 Å². The van der Waals surface area contributed by atoms with Crippen molar-refractivity contribution < 1.29 is 14.1 Å². The van der Waals surface area contributed by atoms with Crippen molar-refractivity contribution in [2.24, 2.45) is 0 Å². The monoisotopic (exact) mass is 411 g/mol. The second-order valence-electron chi connectivity index (χ2n) is 7.47. The molecule has 5 rings (SSSR count). The zero-order chi connectivity index (χ0) is 21.2. The van der Waals surface area contributed by atoms with Gasteiger partial charge in [-0.25, -0.2) is 0 Å². The molecule has 0 unspecified atom stereocenters. The van der Waals surface area contributed by atoms with Gasteiger partial charge in [0.15, 0.2) is 0 Å². The Bertz CT molecular complexity index is 1260. The lowest BCUT2D eigenvalue weighted by atomic mass is 10.1. The minimum atomic E-state index is -0.0903. The first kappa shape index (κ1) is 19.1. The van der Waals surface area contributed by atoms with E-state index in [1.807, 2.05) is 30.3 Å². The van der Waals surface area contributed by atoms with Gasteiger partial charge in [0.1, 0.15) is 5.75 Å². The maximum Gasteiger partial charge on any atom is 0.227 e. The van der Waals surface area contributed by atoms with Crippen LogP contribution in [0.1, 0.15) is 23.4 Å². The smallest absolute Gasteiger partial charge is 0.227 e. The first-order valence-corrected chi connectivity index (χ1v) is 10.2. The Morgan fingerprint density at radius 3 is 2.65 bits per heavy atom. The number of ether oxygens (including phenoxy) is 1. The minimum absolute atomic E-state index is 0.0903. The Hall–Kier alpha value is -3.93. The van der Waals surface area contributed by atoms with Crippen LogP contribution in [0.3, 0.4) is 0 Å².